The average Bonchev–Trinajstić information content (AvgIpc) is 2.52. The monoisotopic (exact) mass is 410 g/mol. The molecule has 2 heterocycles. The Morgan fingerprint density at radius 2 is 2.08 bits per heavy atom. The maximum absolute atomic E-state index is 12.7. The fourth-order valence-electron chi connectivity index (χ4n) is 3.17. The second kappa shape index (κ2) is 6.86. The van der Waals surface area contributed by atoms with Crippen LogP contribution >= 0.6 is 15.9 Å². The summed E-state index contributed by atoms with van der Waals surface area (Å²) in [5.74, 6) is 0.755. The van der Waals surface area contributed by atoms with Crippen molar-refractivity contribution in [2.75, 3.05) is 26.2 Å². The summed E-state index contributed by atoms with van der Waals surface area (Å²) in [5.41, 5.74) is 0.457. The van der Waals surface area contributed by atoms with Crippen LogP contribution in [0.5, 0.6) is 5.75 Å². The fourth-order valence-corrected chi connectivity index (χ4v) is 3.51. The first-order valence-electron chi connectivity index (χ1n) is 8.44. The zero-order valence-corrected chi connectivity index (χ0v) is 16.3. The maximum atomic E-state index is 12.7. The van der Waals surface area contributed by atoms with Crippen LogP contribution < -0.4 is 4.74 Å². The number of amides is 2. The molecule has 1 atom stereocenters. The number of nitrogens with zero attached hydrogens (tertiary/aromatic N) is 2. The number of piperazine rings is 1. The highest BCUT2D eigenvalue weighted by atomic mass is 79.9. The maximum Gasteiger partial charge on any atom is 0.410 e. The van der Waals surface area contributed by atoms with Crippen LogP contribution in [0.25, 0.3) is 0 Å². The van der Waals surface area contributed by atoms with E-state index in [1.807, 2.05) is 43.9 Å². The number of fused-ring (bicyclic) bond motifs is 1. The number of carbonyl (C=O) groups is 2. The van der Waals surface area contributed by atoms with Crippen molar-refractivity contribution in [3.8, 4) is 5.75 Å². The van der Waals surface area contributed by atoms with Gasteiger partial charge in [-0.25, -0.2) is 4.79 Å². The Labute approximate surface area is 156 Å². The summed E-state index contributed by atoms with van der Waals surface area (Å²) in [5, 5.41) is 0. The van der Waals surface area contributed by atoms with Crippen LogP contribution in [0.3, 0.4) is 0 Å². The van der Waals surface area contributed by atoms with Crippen molar-refractivity contribution in [2.45, 2.75) is 38.8 Å². The molecular formula is C18H23BrN2O4. The van der Waals surface area contributed by atoms with Crippen LogP contribution in [0.1, 0.15) is 38.8 Å². The van der Waals surface area contributed by atoms with Gasteiger partial charge in [0.05, 0.1) is 12.6 Å². The van der Waals surface area contributed by atoms with E-state index in [9.17, 15) is 9.59 Å². The van der Waals surface area contributed by atoms with Gasteiger partial charge in [-0.1, -0.05) is 22.0 Å². The van der Waals surface area contributed by atoms with Crippen molar-refractivity contribution in [1.82, 2.24) is 9.80 Å². The van der Waals surface area contributed by atoms with E-state index in [1.54, 1.807) is 0 Å². The van der Waals surface area contributed by atoms with Crippen molar-refractivity contribution < 1.29 is 19.1 Å². The minimum atomic E-state index is -0.565. The van der Waals surface area contributed by atoms with Gasteiger partial charge in [-0.2, -0.15) is 0 Å². The van der Waals surface area contributed by atoms with Gasteiger partial charge in [0, 0.05) is 29.5 Å². The Balaban J connectivity index is 1.71. The lowest BCUT2D eigenvalue weighted by Gasteiger charge is -2.41. The van der Waals surface area contributed by atoms with Crippen LogP contribution in [0.4, 0.5) is 4.79 Å². The van der Waals surface area contributed by atoms with E-state index in [2.05, 4.69) is 15.9 Å². The Morgan fingerprint density at radius 1 is 1.32 bits per heavy atom. The van der Waals surface area contributed by atoms with Crippen molar-refractivity contribution in [2.24, 2.45) is 0 Å². The molecule has 2 aliphatic rings. The van der Waals surface area contributed by atoms with Gasteiger partial charge in [-0.05, 0) is 32.9 Å². The molecule has 1 aromatic rings. The molecule has 6 nitrogen and oxygen atoms in total. The van der Waals surface area contributed by atoms with Crippen LogP contribution in [0.15, 0.2) is 22.7 Å². The summed E-state index contributed by atoms with van der Waals surface area (Å²) in [6, 6.07) is 5.88. The van der Waals surface area contributed by atoms with Gasteiger partial charge in [-0.15, -0.1) is 0 Å². The van der Waals surface area contributed by atoms with E-state index in [0.717, 1.165) is 22.2 Å². The molecule has 0 radical (unpaired) electrons. The highest BCUT2D eigenvalue weighted by Gasteiger charge is 2.36. The van der Waals surface area contributed by atoms with Crippen molar-refractivity contribution in [3.63, 3.8) is 0 Å². The van der Waals surface area contributed by atoms with Crippen LogP contribution in [0.2, 0.25) is 0 Å². The normalized spacial score (nSPS) is 20.8. The number of hydrogen-bond acceptors (Lipinski definition) is 4. The molecule has 1 saturated heterocycles. The highest BCUT2D eigenvalue weighted by Crippen LogP contribution is 2.38. The molecule has 1 aromatic carbocycles. The molecule has 0 saturated carbocycles. The lowest BCUT2D eigenvalue weighted by atomic mass is 9.98. The van der Waals surface area contributed by atoms with Gasteiger partial charge in [0.1, 0.15) is 17.9 Å². The first kappa shape index (κ1) is 18.0. The molecule has 2 amide bonds. The van der Waals surface area contributed by atoms with Gasteiger partial charge in [0.25, 0.3) is 0 Å². The molecule has 0 bridgehead atoms. The lowest BCUT2D eigenvalue weighted by Crippen LogP contribution is -2.54. The van der Waals surface area contributed by atoms with Gasteiger partial charge >= 0.3 is 6.09 Å². The Kier molecular flexibility index (Phi) is 4.95. The predicted octanol–water partition coefficient (Wildman–Crippen LogP) is 3.35. The van der Waals surface area contributed by atoms with Crippen LogP contribution in [0, 0.1) is 0 Å². The number of benzene rings is 1. The van der Waals surface area contributed by atoms with Crippen LogP contribution in [-0.2, 0) is 9.53 Å². The second-order valence-corrected chi connectivity index (χ2v) is 8.24. The summed E-state index contributed by atoms with van der Waals surface area (Å²) in [6.45, 7) is 7.06. The third-order valence-corrected chi connectivity index (χ3v) is 4.76. The first-order valence-corrected chi connectivity index (χ1v) is 9.23. The molecule has 1 unspecified atom stereocenters. The zero-order valence-electron chi connectivity index (χ0n) is 14.8. The largest absolute Gasteiger partial charge is 0.493 e. The average molecular weight is 411 g/mol. The summed E-state index contributed by atoms with van der Waals surface area (Å²) in [4.78, 5) is 28.2. The third kappa shape index (κ3) is 4.08. The second-order valence-electron chi connectivity index (χ2n) is 7.32. The quantitative estimate of drug-likeness (QED) is 0.711. The first-order chi connectivity index (χ1) is 11.7. The Hall–Kier alpha value is -1.76. The molecule has 25 heavy (non-hydrogen) atoms. The molecule has 0 spiro atoms. The van der Waals surface area contributed by atoms with E-state index >= 15 is 0 Å². The number of carbonyl (C=O) groups excluding carboxylic acids is 2. The summed E-state index contributed by atoms with van der Waals surface area (Å²) < 4.78 is 12.0. The molecule has 0 aliphatic carbocycles. The molecule has 7 heteroatoms. The van der Waals surface area contributed by atoms with E-state index in [4.69, 9.17) is 9.47 Å². The number of hydrogen-bond donors (Lipinski definition) is 0. The number of halogens is 1. The van der Waals surface area contributed by atoms with Crippen molar-refractivity contribution in [3.05, 3.63) is 28.2 Å². The topological polar surface area (TPSA) is 59.1 Å². The lowest BCUT2D eigenvalue weighted by molar-refractivity contribution is -0.139. The Bertz CT molecular complexity index is 686. The predicted molar refractivity (Wildman–Crippen MR) is 96.5 cm³/mol. The van der Waals surface area contributed by atoms with E-state index in [-0.39, 0.29) is 18.5 Å². The molecule has 136 valence electrons. The van der Waals surface area contributed by atoms with Crippen molar-refractivity contribution in [1.29, 1.82) is 0 Å². The summed E-state index contributed by atoms with van der Waals surface area (Å²) in [7, 11) is 0. The summed E-state index contributed by atoms with van der Waals surface area (Å²) >= 11 is 3.45. The number of rotatable bonds is 1. The molecule has 0 aromatic heterocycles. The van der Waals surface area contributed by atoms with E-state index < -0.39 is 11.7 Å². The fraction of sp³-hybridized carbons (Fsp3) is 0.556. The third-order valence-electron chi connectivity index (χ3n) is 4.27. The standard InChI is InChI=1S/C18H23BrN2O4/c1-18(2,3)25-17(23)20-7-8-21(16(22)11-20)14-6-9-24-15-10-12(19)4-5-13(14)15/h4-5,10,14H,6-9,11H2,1-3H3. The zero-order chi connectivity index (χ0) is 18.2. The molecule has 1 fully saturated rings. The smallest absolute Gasteiger partial charge is 0.410 e. The van der Waals surface area contributed by atoms with Crippen LogP contribution in [-0.4, -0.2) is 53.6 Å². The minimum Gasteiger partial charge on any atom is -0.493 e. The Morgan fingerprint density at radius 3 is 2.76 bits per heavy atom. The minimum absolute atomic E-state index is 0.00913. The number of ether oxygens (including phenoxy) is 2. The van der Waals surface area contributed by atoms with Gasteiger partial charge in [-0.3, -0.25) is 9.69 Å². The van der Waals surface area contributed by atoms with Crippen molar-refractivity contribution >= 4 is 27.9 Å². The van der Waals surface area contributed by atoms with Gasteiger partial charge in [0.2, 0.25) is 5.91 Å². The molecule has 3 rings (SSSR count). The van der Waals surface area contributed by atoms with E-state index in [0.29, 0.717) is 19.7 Å². The molecular weight excluding hydrogens is 388 g/mol. The SMILES string of the molecule is CC(C)(C)OC(=O)N1CCN(C2CCOc3cc(Br)ccc32)C(=O)C1. The van der Waals surface area contributed by atoms with Gasteiger partial charge in [0.15, 0.2) is 0 Å². The summed E-state index contributed by atoms with van der Waals surface area (Å²) in [6.07, 6.45) is 0.323. The van der Waals surface area contributed by atoms with E-state index in [1.165, 1.54) is 4.90 Å². The highest BCUT2D eigenvalue weighted by molar-refractivity contribution is 9.10. The molecule has 2 aliphatic heterocycles. The van der Waals surface area contributed by atoms with Gasteiger partial charge < -0.3 is 14.4 Å². The molecule has 0 N–H and O–H groups in total.